The van der Waals surface area contributed by atoms with Gasteiger partial charge in [0.05, 0.1) is 5.56 Å². The molecule has 0 unspecified atom stereocenters. The van der Waals surface area contributed by atoms with Gasteiger partial charge in [0.1, 0.15) is 5.69 Å². The molecular weight excluding hydrogens is 299 g/mol. The molecule has 1 aromatic carbocycles. The molecule has 2 rings (SSSR count). The van der Waals surface area contributed by atoms with E-state index in [1.807, 2.05) is 0 Å². The predicted octanol–water partition coefficient (Wildman–Crippen LogP) is 4.43. The Morgan fingerprint density at radius 3 is 2.18 bits per heavy atom. The lowest BCUT2D eigenvalue weighted by Crippen LogP contribution is -2.04. The molecule has 1 heterocycles. The third-order valence-corrected chi connectivity index (χ3v) is 2.72. The van der Waals surface area contributed by atoms with Gasteiger partial charge in [0.15, 0.2) is 10.6 Å². The molecular formula is C11H7BrF3NO. The van der Waals surface area contributed by atoms with Gasteiger partial charge in [0, 0.05) is 12.5 Å². The molecule has 6 heteroatoms. The van der Waals surface area contributed by atoms with Crippen molar-refractivity contribution in [2.45, 2.75) is 13.1 Å². The van der Waals surface area contributed by atoms with Crippen LogP contribution in [0, 0.1) is 6.92 Å². The van der Waals surface area contributed by atoms with Crippen molar-refractivity contribution in [1.82, 2.24) is 4.98 Å². The molecule has 0 spiro atoms. The molecule has 0 aliphatic rings. The van der Waals surface area contributed by atoms with Crippen molar-refractivity contribution < 1.29 is 17.6 Å². The van der Waals surface area contributed by atoms with Crippen LogP contribution in [0.1, 0.15) is 11.5 Å². The van der Waals surface area contributed by atoms with E-state index < -0.39 is 11.7 Å². The number of aromatic nitrogens is 1. The highest BCUT2D eigenvalue weighted by atomic mass is 79.9. The highest BCUT2D eigenvalue weighted by Gasteiger charge is 2.30. The molecule has 0 atom stereocenters. The third-order valence-electron chi connectivity index (χ3n) is 2.18. The van der Waals surface area contributed by atoms with Crippen LogP contribution in [-0.2, 0) is 6.18 Å². The van der Waals surface area contributed by atoms with Gasteiger partial charge in [0.2, 0.25) is 0 Å². The Kier molecular flexibility index (Phi) is 2.99. The quantitative estimate of drug-likeness (QED) is 0.779. The molecule has 0 N–H and O–H groups in total. The molecule has 2 aromatic rings. The fraction of sp³-hybridized carbons (Fsp3) is 0.182. The highest BCUT2D eigenvalue weighted by molar-refractivity contribution is 9.10. The monoisotopic (exact) mass is 305 g/mol. The van der Waals surface area contributed by atoms with Gasteiger partial charge in [-0.3, -0.25) is 0 Å². The van der Waals surface area contributed by atoms with Gasteiger partial charge in [-0.1, -0.05) is 12.1 Å². The van der Waals surface area contributed by atoms with E-state index >= 15 is 0 Å². The van der Waals surface area contributed by atoms with Gasteiger partial charge < -0.3 is 4.42 Å². The van der Waals surface area contributed by atoms with Crippen LogP contribution in [-0.4, -0.2) is 4.98 Å². The first-order valence-corrected chi connectivity index (χ1v) is 5.48. The van der Waals surface area contributed by atoms with Crippen molar-refractivity contribution in [2.24, 2.45) is 0 Å². The predicted molar refractivity (Wildman–Crippen MR) is 59.4 cm³/mol. The number of aryl methyl sites for hydroxylation is 1. The summed E-state index contributed by atoms with van der Waals surface area (Å²) >= 11 is 3.16. The summed E-state index contributed by atoms with van der Waals surface area (Å²) in [6.07, 6.45) is -4.32. The Labute approximate surface area is 104 Å². The number of oxazole rings is 1. The van der Waals surface area contributed by atoms with Crippen LogP contribution >= 0.6 is 15.9 Å². The molecule has 2 nitrogen and oxygen atoms in total. The van der Waals surface area contributed by atoms with Crippen LogP contribution < -0.4 is 0 Å². The zero-order valence-electron chi connectivity index (χ0n) is 8.68. The summed E-state index contributed by atoms with van der Waals surface area (Å²) in [6.45, 7) is 1.67. The minimum atomic E-state index is -4.32. The molecule has 0 aliphatic carbocycles. The topological polar surface area (TPSA) is 26.0 Å². The fourth-order valence-corrected chi connectivity index (χ4v) is 1.95. The second-order valence-corrected chi connectivity index (χ2v) is 4.15. The lowest BCUT2D eigenvalue weighted by Gasteiger charge is -2.06. The molecule has 0 fully saturated rings. The van der Waals surface area contributed by atoms with Gasteiger partial charge in [-0.15, -0.1) is 0 Å². The van der Waals surface area contributed by atoms with E-state index in [0.717, 1.165) is 12.1 Å². The van der Waals surface area contributed by atoms with Crippen molar-refractivity contribution in [3.05, 3.63) is 40.4 Å². The molecule has 0 bridgehead atoms. The average Bonchev–Trinajstić information content (AvgIpc) is 2.57. The normalized spacial score (nSPS) is 11.8. The smallest absolute Gasteiger partial charge is 0.416 e. The standard InChI is InChI=1S/C11H7BrF3NO/c1-6-16-9(10(12)17-6)7-2-4-8(5-3-7)11(13,14)15/h2-5H,1H3. The maximum atomic E-state index is 12.4. The van der Waals surface area contributed by atoms with Gasteiger partial charge in [0.25, 0.3) is 0 Å². The number of alkyl halides is 3. The first-order chi connectivity index (χ1) is 7.88. The van der Waals surface area contributed by atoms with Gasteiger partial charge in [-0.25, -0.2) is 4.98 Å². The summed E-state index contributed by atoms with van der Waals surface area (Å²) < 4.78 is 42.6. The number of benzene rings is 1. The summed E-state index contributed by atoms with van der Waals surface area (Å²) in [7, 11) is 0. The van der Waals surface area contributed by atoms with Gasteiger partial charge in [-0.2, -0.15) is 13.2 Å². The first kappa shape index (κ1) is 12.2. The number of rotatable bonds is 1. The second kappa shape index (κ2) is 4.18. The van der Waals surface area contributed by atoms with Crippen LogP contribution in [0.15, 0.2) is 33.4 Å². The van der Waals surface area contributed by atoms with Crippen molar-refractivity contribution in [2.75, 3.05) is 0 Å². The Balaban J connectivity index is 2.39. The van der Waals surface area contributed by atoms with Crippen LogP contribution in [0.3, 0.4) is 0 Å². The molecule has 0 radical (unpaired) electrons. The number of halogens is 4. The Bertz CT molecular complexity index is 531. The first-order valence-electron chi connectivity index (χ1n) is 4.68. The van der Waals surface area contributed by atoms with Crippen molar-refractivity contribution in [3.8, 4) is 11.3 Å². The maximum absolute atomic E-state index is 12.4. The lowest BCUT2D eigenvalue weighted by molar-refractivity contribution is -0.137. The Hall–Kier alpha value is -1.30. The van der Waals surface area contributed by atoms with Crippen molar-refractivity contribution in [3.63, 3.8) is 0 Å². The van der Waals surface area contributed by atoms with Crippen LogP contribution in [0.25, 0.3) is 11.3 Å². The molecule has 1 aromatic heterocycles. The van der Waals surface area contributed by atoms with E-state index in [1.165, 1.54) is 12.1 Å². The SMILES string of the molecule is Cc1nc(-c2ccc(C(F)(F)F)cc2)c(Br)o1. The third kappa shape index (κ3) is 2.52. The fourth-order valence-electron chi connectivity index (χ4n) is 1.40. The zero-order valence-corrected chi connectivity index (χ0v) is 10.3. The average molecular weight is 306 g/mol. The van der Waals surface area contributed by atoms with Crippen molar-refractivity contribution in [1.29, 1.82) is 0 Å². The minimum Gasteiger partial charge on any atom is -0.434 e. The lowest BCUT2D eigenvalue weighted by atomic mass is 10.1. The highest BCUT2D eigenvalue weighted by Crippen LogP contribution is 2.33. The molecule has 0 amide bonds. The molecule has 0 saturated carbocycles. The Morgan fingerprint density at radius 1 is 1.18 bits per heavy atom. The van der Waals surface area contributed by atoms with E-state index in [0.29, 0.717) is 21.8 Å². The number of nitrogens with zero attached hydrogens (tertiary/aromatic N) is 1. The molecule has 0 aliphatic heterocycles. The molecule has 0 saturated heterocycles. The maximum Gasteiger partial charge on any atom is 0.416 e. The second-order valence-electron chi connectivity index (χ2n) is 3.43. The summed E-state index contributed by atoms with van der Waals surface area (Å²) in [5, 5.41) is 0. The van der Waals surface area contributed by atoms with E-state index in [4.69, 9.17) is 4.42 Å². The summed E-state index contributed by atoms with van der Waals surface area (Å²) in [6, 6.07) is 4.77. The van der Waals surface area contributed by atoms with E-state index in [2.05, 4.69) is 20.9 Å². The van der Waals surface area contributed by atoms with E-state index in [1.54, 1.807) is 6.92 Å². The van der Waals surface area contributed by atoms with Crippen LogP contribution in [0.2, 0.25) is 0 Å². The summed E-state index contributed by atoms with van der Waals surface area (Å²) in [5.74, 6) is 0.451. The van der Waals surface area contributed by atoms with Gasteiger partial charge in [-0.05, 0) is 28.1 Å². The zero-order chi connectivity index (χ0) is 12.6. The Morgan fingerprint density at radius 2 is 1.76 bits per heavy atom. The van der Waals surface area contributed by atoms with Gasteiger partial charge >= 0.3 is 6.18 Å². The van der Waals surface area contributed by atoms with Crippen LogP contribution in [0.5, 0.6) is 0 Å². The van der Waals surface area contributed by atoms with E-state index in [9.17, 15) is 13.2 Å². The summed E-state index contributed by atoms with van der Waals surface area (Å²) in [5.41, 5.74) is 0.385. The van der Waals surface area contributed by atoms with E-state index in [-0.39, 0.29) is 0 Å². The minimum absolute atomic E-state index is 0.412. The van der Waals surface area contributed by atoms with Crippen molar-refractivity contribution >= 4 is 15.9 Å². The van der Waals surface area contributed by atoms with Crippen LogP contribution in [0.4, 0.5) is 13.2 Å². The largest absolute Gasteiger partial charge is 0.434 e. The summed E-state index contributed by atoms with van der Waals surface area (Å²) in [4.78, 5) is 4.08. The number of hydrogen-bond acceptors (Lipinski definition) is 2. The number of hydrogen-bond donors (Lipinski definition) is 0. The molecule has 90 valence electrons. The molecule has 17 heavy (non-hydrogen) atoms.